The fourth-order valence-electron chi connectivity index (χ4n) is 4.46. The Bertz CT molecular complexity index is 325. The largest absolute Gasteiger partial charge is 0.301 e. The quantitative estimate of drug-likeness (QED) is 0.676. The summed E-state index contributed by atoms with van der Waals surface area (Å²) in [6.07, 6.45) is 7.00. The zero-order valence-electron chi connectivity index (χ0n) is 16.1. The van der Waals surface area contributed by atoms with E-state index in [1.165, 1.54) is 58.3 Å². The maximum Gasteiger partial charge on any atom is 0.00671 e. The standard InChI is InChI=1S/C20H40N2/c1-7-17(4)19-9-12-21(13-10-19)18(5)8-11-20(6)14-22(15-20)16(2)3/h16-19H,7-15H2,1-6H3. The van der Waals surface area contributed by atoms with Gasteiger partial charge in [0.05, 0.1) is 0 Å². The second-order valence-electron chi connectivity index (χ2n) is 8.96. The van der Waals surface area contributed by atoms with Crippen LogP contribution in [0.5, 0.6) is 0 Å². The van der Waals surface area contributed by atoms with Crippen LogP contribution in [0.4, 0.5) is 0 Å². The van der Waals surface area contributed by atoms with Gasteiger partial charge in [0, 0.05) is 25.2 Å². The average molecular weight is 309 g/mol. The molecule has 22 heavy (non-hydrogen) atoms. The number of piperidine rings is 1. The van der Waals surface area contributed by atoms with E-state index in [1.807, 2.05) is 0 Å². The third kappa shape index (κ3) is 4.47. The predicted molar refractivity (Wildman–Crippen MR) is 97.3 cm³/mol. The molecule has 0 amide bonds. The molecule has 2 heterocycles. The fraction of sp³-hybridized carbons (Fsp3) is 1.00. The molecule has 0 aromatic heterocycles. The Labute approximate surface area is 139 Å². The van der Waals surface area contributed by atoms with Crippen molar-refractivity contribution in [3.05, 3.63) is 0 Å². The minimum absolute atomic E-state index is 0.591. The van der Waals surface area contributed by atoms with Crippen molar-refractivity contribution in [3.63, 3.8) is 0 Å². The third-order valence-corrected chi connectivity index (χ3v) is 6.71. The summed E-state index contributed by atoms with van der Waals surface area (Å²) in [6, 6.07) is 1.51. The van der Waals surface area contributed by atoms with Crippen LogP contribution in [0.2, 0.25) is 0 Å². The monoisotopic (exact) mass is 308 g/mol. The first-order chi connectivity index (χ1) is 10.3. The zero-order valence-corrected chi connectivity index (χ0v) is 16.1. The lowest BCUT2D eigenvalue weighted by Crippen LogP contribution is -2.57. The van der Waals surface area contributed by atoms with Crippen LogP contribution in [0, 0.1) is 17.3 Å². The van der Waals surface area contributed by atoms with Gasteiger partial charge in [-0.15, -0.1) is 0 Å². The van der Waals surface area contributed by atoms with Gasteiger partial charge in [0.1, 0.15) is 0 Å². The molecule has 0 saturated carbocycles. The maximum absolute atomic E-state index is 2.76. The number of likely N-dealkylation sites (tertiary alicyclic amines) is 2. The molecular weight excluding hydrogens is 268 g/mol. The van der Waals surface area contributed by atoms with E-state index in [0.29, 0.717) is 5.41 Å². The highest BCUT2D eigenvalue weighted by Gasteiger charge is 2.39. The molecular formula is C20H40N2. The molecule has 2 fully saturated rings. The predicted octanol–water partition coefficient (Wildman–Crippen LogP) is 4.64. The Hall–Kier alpha value is -0.0800. The van der Waals surface area contributed by atoms with Gasteiger partial charge in [-0.1, -0.05) is 27.2 Å². The van der Waals surface area contributed by atoms with Gasteiger partial charge >= 0.3 is 0 Å². The van der Waals surface area contributed by atoms with Crippen LogP contribution < -0.4 is 0 Å². The van der Waals surface area contributed by atoms with Crippen molar-refractivity contribution in [1.29, 1.82) is 0 Å². The molecule has 0 N–H and O–H groups in total. The van der Waals surface area contributed by atoms with Crippen molar-refractivity contribution in [2.24, 2.45) is 17.3 Å². The summed E-state index contributed by atoms with van der Waals surface area (Å²) in [5.41, 5.74) is 0.591. The Morgan fingerprint density at radius 1 is 1.00 bits per heavy atom. The van der Waals surface area contributed by atoms with E-state index >= 15 is 0 Å². The Morgan fingerprint density at radius 2 is 1.59 bits per heavy atom. The van der Waals surface area contributed by atoms with Gasteiger partial charge in [0.2, 0.25) is 0 Å². The Kier molecular flexibility index (Phi) is 6.36. The smallest absolute Gasteiger partial charge is 0.00671 e. The molecule has 130 valence electrons. The highest BCUT2D eigenvalue weighted by molar-refractivity contribution is 4.93. The minimum Gasteiger partial charge on any atom is -0.301 e. The molecule has 0 aliphatic carbocycles. The Balaban J connectivity index is 1.67. The fourth-order valence-corrected chi connectivity index (χ4v) is 4.46. The molecule has 0 aromatic carbocycles. The molecule has 2 aliphatic rings. The van der Waals surface area contributed by atoms with Crippen LogP contribution in [0.3, 0.4) is 0 Å². The lowest BCUT2D eigenvalue weighted by atomic mass is 9.76. The second kappa shape index (κ2) is 7.66. The van der Waals surface area contributed by atoms with Crippen LogP contribution in [0.1, 0.15) is 73.6 Å². The van der Waals surface area contributed by atoms with E-state index in [9.17, 15) is 0 Å². The lowest BCUT2D eigenvalue weighted by molar-refractivity contribution is -0.0207. The lowest BCUT2D eigenvalue weighted by Gasteiger charge is -2.51. The van der Waals surface area contributed by atoms with Crippen molar-refractivity contribution in [1.82, 2.24) is 9.80 Å². The highest BCUT2D eigenvalue weighted by Crippen LogP contribution is 2.37. The van der Waals surface area contributed by atoms with Crippen molar-refractivity contribution in [3.8, 4) is 0 Å². The van der Waals surface area contributed by atoms with Crippen LogP contribution >= 0.6 is 0 Å². The van der Waals surface area contributed by atoms with Gasteiger partial charge in [-0.25, -0.2) is 0 Å². The summed E-state index contributed by atoms with van der Waals surface area (Å²) in [5, 5.41) is 0. The summed E-state index contributed by atoms with van der Waals surface area (Å²) < 4.78 is 0. The molecule has 2 heteroatoms. The molecule has 2 saturated heterocycles. The highest BCUT2D eigenvalue weighted by atomic mass is 15.2. The van der Waals surface area contributed by atoms with Gasteiger partial charge < -0.3 is 4.90 Å². The minimum atomic E-state index is 0.591. The van der Waals surface area contributed by atoms with Gasteiger partial charge in [-0.3, -0.25) is 4.90 Å². The third-order valence-electron chi connectivity index (χ3n) is 6.71. The van der Waals surface area contributed by atoms with Crippen molar-refractivity contribution < 1.29 is 0 Å². The van der Waals surface area contributed by atoms with Crippen molar-refractivity contribution >= 4 is 0 Å². The van der Waals surface area contributed by atoms with E-state index in [2.05, 4.69) is 51.3 Å². The molecule has 2 unspecified atom stereocenters. The number of rotatable bonds is 7. The van der Waals surface area contributed by atoms with E-state index in [4.69, 9.17) is 0 Å². The van der Waals surface area contributed by atoms with Crippen molar-refractivity contribution in [2.75, 3.05) is 26.2 Å². The zero-order chi connectivity index (χ0) is 16.3. The molecule has 0 spiro atoms. The summed E-state index contributed by atoms with van der Waals surface area (Å²) in [7, 11) is 0. The molecule has 2 nitrogen and oxygen atoms in total. The van der Waals surface area contributed by atoms with Gasteiger partial charge in [0.15, 0.2) is 0 Å². The first-order valence-corrected chi connectivity index (χ1v) is 9.82. The van der Waals surface area contributed by atoms with E-state index in [0.717, 1.165) is 23.9 Å². The van der Waals surface area contributed by atoms with Crippen LogP contribution in [0.15, 0.2) is 0 Å². The number of hydrogen-bond donors (Lipinski definition) is 0. The van der Waals surface area contributed by atoms with E-state index < -0.39 is 0 Å². The molecule has 0 bridgehead atoms. The molecule has 0 radical (unpaired) electrons. The molecule has 2 aliphatic heterocycles. The SMILES string of the molecule is CCC(C)C1CCN(C(C)CCC2(C)CN(C(C)C)C2)CC1. The number of nitrogens with zero attached hydrogens (tertiary/aromatic N) is 2. The normalized spacial score (nSPS) is 26.9. The summed E-state index contributed by atoms with van der Waals surface area (Å²) >= 11 is 0. The summed E-state index contributed by atoms with van der Waals surface area (Å²) in [4.78, 5) is 5.38. The van der Waals surface area contributed by atoms with Crippen LogP contribution in [-0.4, -0.2) is 48.1 Å². The average Bonchev–Trinajstić information content (AvgIpc) is 2.49. The Morgan fingerprint density at radius 3 is 2.09 bits per heavy atom. The molecule has 0 aromatic rings. The van der Waals surface area contributed by atoms with Gasteiger partial charge in [-0.2, -0.15) is 0 Å². The van der Waals surface area contributed by atoms with E-state index in [-0.39, 0.29) is 0 Å². The van der Waals surface area contributed by atoms with Crippen LogP contribution in [-0.2, 0) is 0 Å². The van der Waals surface area contributed by atoms with Gasteiger partial charge in [0.25, 0.3) is 0 Å². The second-order valence-corrected chi connectivity index (χ2v) is 8.96. The van der Waals surface area contributed by atoms with Crippen molar-refractivity contribution in [2.45, 2.75) is 85.7 Å². The summed E-state index contributed by atoms with van der Waals surface area (Å²) in [5.74, 6) is 1.91. The maximum atomic E-state index is 2.76. The first kappa shape index (κ1) is 18.3. The number of hydrogen-bond acceptors (Lipinski definition) is 2. The first-order valence-electron chi connectivity index (χ1n) is 9.82. The van der Waals surface area contributed by atoms with E-state index in [1.54, 1.807) is 0 Å². The van der Waals surface area contributed by atoms with Gasteiger partial charge in [-0.05, 0) is 76.8 Å². The summed E-state index contributed by atoms with van der Waals surface area (Å²) in [6.45, 7) is 19.7. The van der Waals surface area contributed by atoms with Crippen LogP contribution in [0.25, 0.3) is 0 Å². The topological polar surface area (TPSA) is 6.48 Å². The molecule has 2 rings (SSSR count). The molecule has 2 atom stereocenters.